The number of carbonyl (C=O) groups is 4. The van der Waals surface area contributed by atoms with Gasteiger partial charge in [0.05, 0.1) is 24.0 Å². The lowest BCUT2D eigenvalue weighted by Gasteiger charge is -2.54. The maximum atomic E-state index is 12.2. The van der Waals surface area contributed by atoms with E-state index in [9.17, 15) is 29.4 Å². The van der Waals surface area contributed by atoms with Gasteiger partial charge in [0, 0.05) is 11.8 Å². The molecule has 0 bridgehead atoms. The van der Waals surface area contributed by atoms with Crippen LogP contribution in [-0.4, -0.2) is 74.8 Å². The third kappa shape index (κ3) is 3.51. The molecule has 5 aliphatic rings. The van der Waals surface area contributed by atoms with Crippen LogP contribution < -0.4 is 10.6 Å². The number of esters is 2. The van der Waals surface area contributed by atoms with Gasteiger partial charge < -0.3 is 30.3 Å². The molecular formula is C25H35ClN2O8. The maximum Gasteiger partial charge on any atom is 0.339 e. The molecule has 0 radical (unpaired) electrons. The van der Waals surface area contributed by atoms with Crippen molar-refractivity contribution in [3.63, 3.8) is 0 Å². The summed E-state index contributed by atoms with van der Waals surface area (Å²) in [4.78, 5) is 47.3. The second-order valence-corrected chi connectivity index (χ2v) is 11.3. The van der Waals surface area contributed by atoms with Crippen LogP contribution in [0.2, 0.25) is 0 Å². The van der Waals surface area contributed by atoms with Gasteiger partial charge in [0.2, 0.25) is 22.9 Å². The normalized spacial score (nSPS) is 41.9. The largest absolute Gasteiger partial charge is 0.456 e. The van der Waals surface area contributed by atoms with E-state index in [1.807, 2.05) is 12.2 Å². The van der Waals surface area contributed by atoms with Crippen LogP contribution in [0.25, 0.3) is 0 Å². The molecule has 5 rings (SSSR count). The van der Waals surface area contributed by atoms with Gasteiger partial charge in [-0.05, 0) is 45.4 Å². The molecule has 4 fully saturated rings. The van der Waals surface area contributed by atoms with Crippen LogP contribution >= 0.6 is 11.6 Å². The first kappa shape index (κ1) is 26.9. The van der Waals surface area contributed by atoms with Gasteiger partial charge in [-0.1, -0.05) is 26.0 Å². The number of aliphatic hydroxyl groups is 2. The Labute approximate surface area is 215 Å². The minimum absolute atomic E-state index is 0.106. The molecule has 200 valence electrons. The molecule has 0 aromatic heterocycles. The van der Waals surface area contributed by atoms with Crippen LogP contribution in [0.3, 0.4) is 0 Å². The Morgan fingerprint density at radius 1 is 1.14 bits per heavy atom. The van der Waals surface area contributed by atoms with Crippen LogP contribution in [0.1, 0.15) is 53.4 Å². The molecule has 9 atom stereocenters. The van der Waals surface area contributed by atoms with Gasteiger partial charge in [0.25, 0.3) is 0 Å². The molecule has 10 nitrogen and oxygen atoms in total. The first-order valence-corrected chi connectivity index (χ1v) is 13.1. The molecule has 0 unspecified atom stereocenters. The van der Waals surface area contributed by atoms with Gasteiger partial charge in [-0.2, -0.15) is 0 Å². The van der Waals surface area contributed by atoms with Crippen LogP contribution in [0.15, 0.2) is 12.2 Å². The number of ether oxygens (including phenoxy) is 2. The van der Waals surface area contributed by atoms with Crippen LogP contribution in [0.5, 0.6) is 0 Å². The quantitative estimate of drug-likeness (QED) is 0.223. The van der Waals surface area contributed by atoms with E-state index in [-0.39, 0.29) is 29.6 Å². The summed E-state index contributed by atoms with van der Waals surface area (Å²) in [6.45, 7) is 7.02. The highest BCUT2D eigenvalue weighted by atomic mass is 35.5. The maximum absolute atomic E-state index is 12.2. The number of rotatable bonds is 6. The van der Waals surface area contributed by atoms with Crippen molar-refractivity contribution in [3.05, 3.63) is 12.2 Å². The summed E-state index contributed by atoms with van der Waals surface area (Å²) in [5, 5.41) is 26.1. The van der Waals surface area contributed by atoms with Gasteiger partial charge >= 0.3 is 11.9 Å². The summed E-state index contributed by atoms with van der Waals surface area (Å²) in [7, 11) is 0. The Balaban J connectivity index is 0.000000179. The topological polar surface area (TPSA) is 151 Å². The minimum Gasteiger partial charge on any atom is -0.456 e. The molecule has 4 N–H and O–H groups in total. The Hall–Kier alpha value is -2.17. The molecule has 0 spiro atoms. The van der Waals surface area contributed by atoms with Crippen molar-refractivity contribution in [1.82, 2.24) is 10.6 Å². The molecule has 4 saturated heterocycles. The van der Waals surface area contributed by atoms with Gasteiger partial charge in [0.15, 0.2) is 5.60 Å². The Morgan fingerprint density at radius 3 is 2.33 bits per heavy atom. The lowest BCUT2D eigenvalue weighted by Crippen LogP contribution is -2.80. The summed E-state index contributed by atoms with van der Waals surface area (Å²) in [6, 6.07) is 0. The van der Waals surface area contributed by atoms with E-state index in [4.69, 9.17) is 21.1 Å². The summed E-state index contributed by atoms with van der Waals surface area (Å²) in [5.74, 6) is -2.37. The molecule has 0 saturated carbocycles. The molecular weight excluding hydrogens is 492 g/mol. The monoisotopic (exact) mass is 526 g/mol. The second kappa shape index (κ2) is 9.29. The summed E-state index contributed by atoms with van der Waals surface area (Å²) < 4.78 is 10.3. The molecule has 1 aliphatic carbocycles. The highest BCUT2D eigenvalue weighted by Crippen LogP contribution is 2.53. The highest BCUT2D eigenvalue weighted by molar-refractivity contribution is 6.18. The fourth-order valence-corrected chi connectivity index (χ4v) is 6.53. The predicted molar refractivity (Wildman–Crippen MR) is 127 cm³/mol. The Morgan fingerprint density at radius 2 is 1.83 bits per heavy atom. The number of hydrogen-bond donors (Lipinski definition) is 4. The van der Waals surface area contributed by atoms with Crippen molar-refractivity contribution in [2.75, 3.05) is 5.88 Å². The lowest BCUT2D eigenvalue weighted by molar-refractivity contribution is -0.238. The molecule has 36 heavy (non-hydrogen) atoms. The second-order valence-electron chi connectivity index (χ2n) is 11.0. The molecule has 11 heteroatoms. The van der Waals surface area contributed by atoms with Crippen LogP contribution in [0, 0.1) is 23.7 Å². The minimum atomic E-state index is -1.33. The number of fused-ring (bicyclic) bond motifs is 2. The standard InChI is InChI=1S/C15H20ClNO4.C10H15NO4/c1-14-10(7-8-16)12(19)17-15(14,13(20)21-14)11(18)9-5-3-2-4-6-9;1-4(2)6(12)10-7(15-9(10)14)5(3)8(13)11-10/h3,5,9-11,18H,2,4,6-8H2,1H3,(H,17,19);4-7,12H,1-3H3,(H,11,13)/t9-,10+,11+,14+,15+;5-,6+,7+,10-/m11/s1. The number of amides is 2. The van der Waals surface area contributed by atoms with E-state index in [0.717, 1.165) is 19.3 Å². The average molecular weight is 527 g/mol. The van der Waals surface area contributed by atoms with Crippen molar-refractivity contribution in [1.29, 1.82) is 0 Å². The number of nitrogens with one attached hydrogen (secondary N) is 2. The van der Waals surface area contributed by atoms with E-state index in [0.29, 0.717) is 12.3 Å². The zero-order chi connectivity index (χ0) is 26.6. The first-order chi connectivity index (χ1) is 16.9. The summed E-state index contributed by atoms with van der Waals surface area (Å²) >= 11 is 5.76. The zero-order valence-corrected chi connectivity index (χ0v) is 21.7. The fourth-order valence-electron chi connectivity index (χ4n) is 6.32. The molecule has 0 aromatic rings. The van der Waals surface area contributed by atoms with Gasteiger partial charge in [-0.25, -0.2) is 9.59 Å². The van der Waals surface area contributed by atoms with Crippen molar-refractivity contribution >= 4 is 35.4 Å². The number of halogens is 1. The van der Waals surface area contributed by atoms with Gasteiger partial charge in [-0.15, -0.1) is 11.6 Å². The Bertz CT molecular complexity index is 987. The number of carbonyl (C=O) groups excluding carboxylic acids is 4. The Kier molecular flexibility index (Phi) is 6.94. The third-order valence-electron chi connectivity index (χ3n) is 8.57. The lowest BCUT2D eigenvalue weighted by atomic mass is 9.64. The highest BCUT2D eigenvalue weighted by Gasteiger charge is 2.79. The zero-order valence-electron chi connectivity index (χ0n) is 21.0. The van der Waals surface area contributed by atoms with E-state index in [1.54, 1.807) is 27.7 Å². The summed E-state index contributed by atoms with van der Waals surface area (Å²) in [5.41, 5.74) is -3.53. The smallest absolute Gasteiger partial charge is 0.339 e. The number of alkyl halides is 1. The van der Waals surface area contributed by atoms with E-state index in [2.05, 4.69) is 10.6 Å². The van der Waals surface area contributed by atoms with E-state index >= 15 is 0 Å². The van der Waals surface area contributed by atoms with Crippen molar-refractivity contribution in [3.8, 4) is 0 Å². The van der Waals surface area contributed by atoms with Gasteiger partial charge in [-0.3, -0.25) is 9.59 Å². The SMILES string of the molecule is CC(C)[C@H](O)[C@@]12NC(=O)[C@H](C)[C@@H]1OC2=O.C[C@@]12OC(=O)[C@]1([C@@H](O)[C@@H]1C=CCCC1)NC(=O)[C@@H]2CCCl. The molecule has 0 aromatic carbocycles. The predicted octanol–water partition coefficient (Wildman–Crippen LogP) is 0.566. The van der Waals surface area contributed by atoms with Gasteiger partial charge in [0.1, 0.15) is 6.10 Å². The molecule has 2 amide bonds. The van der Waals surface area contributed by atoms with Crippen molar-refractivity contribution < 1.29 is 38.9 Å². The number of allylic oxidation sites excluding steroid dienone is 1. The third-order valence-corrected chi connectivity index (χ3v) is 8.78. The van der Waals surface area contributed by atoms with E-state index in [1.165, 1.54) is 0 Å². The molecule has 4 aliphatic heterocycles. The van der Waals surface area contributed by atoms with E-state index < -0.39 is 52.8 Å². The average Bonchev–Trinajstić information content (AvgIpc) is 3.16. The van der Waals surface area contributed by atoms with Crippen molar-refractivity contribution in [2.45, 2.75) is 88.4 Å². The fraction of sp³-hybridized carbons (Fsp3) is 0.760. The van der Waals surface area contributed by atoms with Crippen LogP contribution in [0.4, 0.5) is 0 Å². The van der Waals surface area contributed by atoms with Crippen LogP contribution in [-0.2, 0) is 28.7 Å². The molecule has 4 heterocycles. The number of aliphatic hydroxyl groups excluding tert-OH is 2. The number of hydrogen-bond acceptors (Lipinski definition) is 8. The first-order valence-electron chi connectivity index (χ1n) is 12.6. The van der Waals surface area contributed by atoms with Crippen molar-refractivity contribution in [2.24, 2.45) is 23.7 Å². The summed E-state index contributed by atoms with van der Waals surface area (Å²) in [6.07, 6.45) is 4.76.